The normalized spacial score (nSPS) is 26.6. The zero-order chi connectivity index (χ0) is 12.0. The van der Waals surface area contributed by atoms with Crippen LogP contribution in [-0.4, -0.2) is 58.4 Å². The zero-order valence-corrected chi connectivity index (χ0v) is 9.16. The first-order valence-corrected chi connectivity index (χ1v) is 5.55. The van der Waals surface area contributed by atoms with E-state index in [2.05, 4.69) is 0 Å². The van der Waals surface area contributed by atoms with Crippen molar-refractivity contribution < 1.29 is 29.9 Å². The van der Waals surface area contributed by atoms with Crippen molar-refractivity contribution in [3.8, 4) is 0 Å². The molecule has 2 atom stereocenters. The number of aliphatic hydroxyl groups is 4. The van der Waals surface area contributed by atoms with E-state index in [9.17, 15) is 0 Å². The van der Waals surface area contributed by atoms with Crippen LogP contribution in [-0.2, 0) is 9.47 Å². The van der Waals surface area contributed by atoms with Crippen LogP contribution < -0.4 is 0 Å². The SMILES string of the molecule is OC(O)COC1CCCCC1OCC(O)O. The summed E-state index contributed by atoms with van der Waals surface area (Å²) in [6.45, 7) is -0.293. The van der Waals surface area contributed by atoms with Gasteiger partial charge in [-0.2, -0.15) is 0 Å². The number of hydrogen-bond donors (Lipinski definition) is 4. The molecule has 0 radical (unpaired) electrons. The van der Waals surface area contributed by atoms with Crippen LogP contribution in [0.5, 0.6) is 0 Å². The zero-order valence-electron chi connectivity index (χ0n) is 9.16. The molecule has 0 aromatic rings. The minimum absolute atomic E-state index is 0.147. The Labute approximate surface area is 94.4 Å². The molecule has 0 saturated heterocycles. The lowest BCUT2D eigenvalue weighted by Crippen LogP contribution is -2.38. The third-order valence-corrected chi connectivity index (χ3v) is 2.56. The van der Waals surface area contributed by atoms with Crippen molar-refractivity contribution in [1.29, 1.82) is 0 Å². The largest absolute Gasteiger partial charge is 0.370 e. The standard InChI is InChI=1S/C10H20O6/c11-9(12)5-15-7-3-1-2-4-8(7)16-6-10(13)14/h7-14H,1-6H2. The van der Waals surface area contributed by atoms with Gasteiger partial charge in [0.05, 0.1) is 25.4 Å². The molecule has 1 fully saturated rings. The molecule has 0 bridgehead atoms. The predicted octanol–water partition coefficient (Wildman–Crippen LogP) is -1.05. The second kappa shape index (κ2) is 7.16. The van der Waals surface area contributed by atoms with Crippen molar-refractivity contribution in [3.63, 3.8) is 0 Å². The average Bonchev–Trinajstić information content (AvgIpc) is 2.24. The summed E-state index contributed by atoms with van der Waals surface area (Å²) in [5.41, 5.74) is 0. The van der Waals surface area contributed by atoms with Gasteiger partial charge in [-0.25, -0.2) is 0 Å². The van der Waals surface area contributed by atoms with Crippen LogP contribution in [0.1, 0.15) is 25.7 Å². The molecule has 2 unspecified atom stereocenters. The molecule has 1 aliphatic rings. The molecule has 4 N–H and O–H groups in total. The Morgan fingerprint density at radius 2 is 1.19 bits per heavy atom. The van der Waals surface area contributed by atoms with E-state index in [1.807, 2.05) is 0 Å². The molecule has 96 valence electrons. The number of hydrogen-bond acceptors (Lipinski definition) is 6. The fourth-order valence-corrected chi connectivity index (χ4v) is 1.86. The molecule has 16 heavy (non-hydrogen) atoms. The van der Waals surface area contributed by atoms with Gasteiger partial charge >= 0.3 is 0 Å². The molecule has 6 heteroatoms. The number of rotatable bonds is 6. The van der Waals surface area contributed by atoms with Gasteiger partial charge in [0, 0.05) is 0 Å². The summed E-state index contributed by atoms with van der Waals surface area (Å²) in [7, 11) is 0. The van der Waals surface area contributed by atoms with Crippen molar-refractivity contribution in [1.82, 2.24) is 0 Å². The first-order valence-electron chi connectivity index (χ1n) is 5.55. The van der Waals surface area contributed by atoms with E-state index in [1.54, 1.807) is 0 Å². The van der Waals surface area contributed by atoms with E-state index in [0.29, 0.717) is 0 Å². The highest BCUT2D eigenvalue weighted by atomic mass is 16.6. The molecule has 0 aliphatic heterocycles. The van der Waals surface area contributed by atoms with Gasteiger partial charge < -0.3 is 29.9 Å². The van der Waals surface area contributed by atoms with Gasteiger partial charge in [0.2, 0.25) is 0 Å². The lowest BCUT2D eigenvalue weighted by Gasteiger charge is -2.31. The van der Waals surface area contributed by atoms with Crippen molar-refractivity contribution in [2.45, 2.75) is 50.5 Å². The third-order valence-electron chi connectivity index (χ3n) is 2.56. The smallest absolute Gasteiger partial charge is 0.175 e. The molecule has 1 saturated carbocycles. The number of aliphatic hydroxyl groups excluding tert-OH is 2. The maximum absolute atomic E-state index is 8.70. The van der Waals surface area contributed by atoms with Crippen molar-refractivity contribution >= 4 is 0 Å². The van der Waals surface area contributed by atoms with Crippen LogP contribution in [0.25, 0.3) is 0 Å². The molecule has 0 heterocycles. The molecule has 6 nitrogen and oxygen atoms in total. The Bertz CT molecular complexity index is 164. The highest BCUT2D eigenvalue weighted by Gasteiger charge is 2.27. The Hall–Kier alpha value is -0.240. The summed E-state index contributed by atoms with van der Waals surface area (Å²) >= 11 is 0. The van der Waals surface area contributed by atoms with Crippen LogP contribution in [0.15, 0.2) is 0 Å². The lowest BCUT2D eigenvalue weighted by molar-refractivity contribution is -0.171. The average molecular weight is 236 g/mol. The van der Waals surface area contributed by atoms with Crippen LogP contribution in [0, 0.1) is 0 Å². The maximum atomic E-state index is 8.70. The van der Waals surface area contributed by atoms with Gasteiger partial charge in [-0.05, 0) is 12.8 Å². The Kier molecular flexibility index (Phi) is 6.18. The van der Waals surface area contributed by atoms with Gasteiger partial charge in [0.1, 0.15) is 0 Å². The van der Waals surface area contributed by atoms with Gasteiger partial charge in [0.25, 0.3) is 0 Å². The number of ether oxygens (including phenoxy) is 2. The molecule has 1 rings (SSSR count). The predicted molar refractivity (Wildman–Crippen MR) is 54.4 cm³/mol. The summed E-state index contributed by atoms with van der Waals surface area (Å²) in [5, 5.41) is 34.8. The van der Waals surface area contributed by atoms with Crippen molar-refractivity contribution in [3.05, 3.63) is 0 Å². The van der Waals surface area contributed by atoms with E-state index in [1.165, 1.54) is 0 Å². The molecular formula is C10H20O6. The first kappa shape index (κ1) is 13.8. The Morgan fingerprint density at radius 1 is 0.812 bits per heavy atom. The highest BCUT2D eigenvalue weighted by molar-refractivity contribution is 4.76. The second-order valence-corrected chi connectivity index (χ2v) is 3.99. The van der Waals surface area contributed by atoms with Gasteiger partial charge in [0.15, 0.2) is 12.6 Å². The quantitative estimate of drug-likeness (QED) is 0.439. The summed E-state index contributed by atoms with van der Waals surface area (Å²) < 4.78 is 10.6. The third kappa shape index (κ3) is 5.20. The Balaban J connectivity index is 2.31. The molecular weight excluding hydrogens is 216 g/mol. The van der Waals surface area contributed by atoms with Gasteiger partial charge in [-0.3, -0.25) is 0 Å². The highest BCUT2D eigenvalue weighted by Crippen LogP contribution is 2.24. The lowest BCUT2D eigenvalue weighted by atomic mass is 9.94. The molecule has 0 aromatic carbocycles. The summed E-state index contributed by atoms with van der Waals surface area (Å²) in [5.74, 6) is 0. The maximum Gasteiger partial charge on any atom is 0.175 e. The van der Waals surface area contributed by atoms with Crippen LogP contribution in [0.4, 0.5) is 0 Å². The topological polar surface area (TPSA) is 99.4 Å². The Morgan fingerprint density at radius 3 is 1.50 bits per heavy atom. The summed E-state index contributed by atoms with van der Waals surface area (Å²) in [6.07, 6.45) is 0.236. The van der Waals surface area contributed by atoms with Crippen LogP contribution in [0.2, 0.25) is 0 Å². The minimum atomic E-state index is -1.48. The summed E-state index contributed by atoms with van der Waals surface area (Å²) in [4.78, 5) is 0. The van der Waals surface area contributed by atoms with Crippen molar-refractivity contribution in [2.24, 2.45) is 0 Å². The summed E-state index contributed by atoms with van der Waals surface area (Å²) in [6, 6.07) is 0. The molecule has 1 aliphatic carbocycles. The second-order valence-electron chi connectivity index (χ2n) is 3.99. The monoisotopic (exact) mass is 236 g/mol. The van der Waals surface area contributed by atoms with Gasteiger partial charge in [-0.1, -0.05) is 12.8 Å². The van der Waals surface area contributed by atoms with E-state index in [4.69, 9.17) is 29.9 Å². The molecule has 0 amide bonds. The van der Waals surface area contributed by atoms with Crippen LogP contribution >= 0.6 is 0 Å². The van der Waals surface area contributed by atoms with E-state index in [0.717, 1.165) is 25.7 Å². The van der Waals surface area contributed by atoms with Gasteiger partial charge in [-0.15, -0.1) is 0 Å². The fraction of sp³-hybridized carbons (Fsp3) is 1.00. The first-order chi connectivity index (χ1) is 7.59. The van der Waals surface area contributed by atoms with Crippen LogP contribution in [0.3, 0.4) is 0 Å². The van der Waals surface area contributed by atoms with E-state index in [-0.39, 0.29) is 25.4 Å². The van der Waals surface area contributed by atoms with E-state index >= 15 is 0 Å². The molecule has 0 aromatic heterocycles. The minimum Gasteiger partial charge on any atom is -0.370 e. The van der Waals surface area contributed by atoms with E-state index < -0.39 is 12.6 Å². The van der Waals surface area contributed by atoms with Crippen molar-refractivity contribution in [2.75, 3.05) is 13.2 Å². The fourth-order valence-electron chi connectivity index (χ4n) is 1.86. The molecule has 0 spiro atoms.